The zero-order valence-electron chi connectivity index (χ0n) is 13.8. The Morgan fingerprint density at radius 1 is 1.43 bits per heavy atom. The number of aromatic nitrogens is 2. The molecule has 0 aliphatic heterocycles. The fourth-order valence-corrected chi connectivity index (χ4v) is 3.08. The Hall–Kier alpha value is -0.760. The molecule has 1 atom stereocenters. The van der Waals surface area contributed by atoms with E-state index in [1.54, 1.807) is 13.3 Å². The Balaban J connectivity index is 2.81. The van der Waals surface area contributed by atoms with E-state index in [1.807, 2.05) is 16.4 Å². The molecule has 6 nitrogen and oxygen atoms in total. The Bertz CT molecular complexity index is 408. The lowest BCUT2D eigenvalue weighted by molar-refractivity contribution is 0.358. The van der Waals surface area contributed by atoms with Gasteiger partial charge in [-0.05, 0) is 25.8 Å². The lowest BCUT2D eigenvalue weighted by atomic mass is 10.2. The molecule has 0 saturated heterocycles. The summed E-state index contributed by atoms with van der Waals surface area (Å²) >= 11 is 1.89. The summed E-state index contributed by atoms with van der Waals surface area (Å²) in [6.07, 6.45) is 1.77. The second-order valence-electron chi connectivity index (χ2n) is 5.78. The highest BCUT2D eigenvalue weighted by molar-refractivity contribution is 7.99. The van der Waals surface area contributed by atoms with E-state index in [9.17, 15) is 0 Å². The molecule has 1 heterocycles. The van der Waals surface area contributed by atoms with Gasteiger partial charge in [0.05, 0.1) is 31.6 Å². The number of hydrazine groups is 1. The average molecular weight is 315 g/mol. The van der Waals surface area contributed by atoms with Crippen molar-refractivity contribution in [2.45, 2.75) is 26.4 Å². The number of hydrogen-bond acceptors (Lipinski definition) is 6. The van der Waals surface area contributed by atoms with Crippen LogP contribution in [0.1, 0.15) is 25.6 Å². The van der Waals surface area contributed by atoms with Gasteiger partial charge in [-0.1, -0.05) is 13.8 Å². The first kappa shape index (κ1) is 18.3. The summed E-state index contributed by atoms with van der Waals surface area (Å²) in [4.78, 5) is 2.14. The molecule has 0 bridgehead atoms. The molecule has 1 aromatic heterocycles. The molecule has 0 aliphatic carbocycles. The normalized spacial score (nSPS) is 13.1. The van der Waals surface area contributed by atoms with Gasteiger partial charge >= 0.3 is 0 Å². The second kappa shape index (κ2) is 9.30. The maximum atomic E-state index is 5.76. The molecule has 3 N–H and O–H groups in total. The minimum absolute atomic E-state index is 0.0355. The topological polar surface area (TPSA) is 68.3 Å². The van der Waals surface area contributed by atoms with E-state index in [1.165, 1.54) is 0 Å². The smallest absolute Gasteiger partial charge is 0.161 e. The van der Waals surface area contributed by atoms with Gasteiger partial charge < -0.3 is 9.64 Å². The van der Waals surface area contributed by atoms with E-state index >= 15 is 0 Å². The first-order valence-corrected chi connectivity index (χ1v) is 8.43. The molecule has 1 unspecified atom stereocenters. The first-order valence-electron chi connectivity index (χ1n) is 7.27. The van der Waals surface area contributed by atoms with Crippen LogP contribution in [0.15, 0.2) is 6.20 Å². The van der Waals surface area contributed by atoms with E-state index in [0.717, 1.165) is 36.0 Å². The van der Waals surface area contributed by atoms with Gasteiger partial charge in [-0.3, -0.25) is 16.0 Å². The van der Waals surface area contributed by atoms with E-state index in [2.05, 4.69) is 43.4 Å². The highest BCUT2D eigenvalue weighted by Gasteiger charge is 2.21. The molecule has 0 aromatic carbocycles. The lowest BCUT2D eigenvalue weighted by Crippen LogP contribution is -2.33. The molecular weight excluding hydrogens is 286 g/mol. The van der Waals surface area contributed by atoms with Crippen LogP contribution in [0, 0.1) is 5.92 Å². The largest absolute Gasteiger partial charge is 0.493 e. The van der Waals surface area contributed by atoms with Crippen LogP contribution in [0.3, 0.4) is 0 Å². The number of thioether (sulfide) groups is 1. The molecule has 0 radical (unpaired) electrons. The zero-order chi connectivity index (χ0) is 15.8. The summed E-state index contributed by atoms with van der Waals surface area (Å²) in [6, 6.07) is 0.0355. The predicted molar refractivity (Wildman–Crippen MR) is 89.6 cm³/mol. The van der Waals surface area contributed by atoms with Crippen LogP contribution in [0.5, 0.6) is 5.75 Å². The number of rotatable bonds is 10. The monoisotopic (exact) mass is 315 g/mol. The van der Waals surface area contributed by atoms with E-state index in [4.69, 9.17) is 10.6 Å². The molecule has 0 fully saturated rings. The van der Waals surface area contributed by atoms with Crippen LogP contribution < -0.4 is 16.0 Å². The first-order chi connectivity index (χ1) is 9.99. The predicted octanol–water partition coefficient (Wildman–Crippen LogP) is 1.35. The van der Waals surface area contributed by atoms with Crippen LogP contribution in [-0.4, -0.2) is 53.9 Å². The Labute approximate surface area is 132 Å². The lowest BCUT2D eigenvalue weighted by Gasteiger charge is -2.20. The summed E-state index contributed by atoms with van der Waals surface area (Å²) in [5.74, 6) is 9.25. The van der Waals surface area contributed by atoms with Gasteiger partial charge in [-0.15, -0.1) is 0 Å². The minimum Gasteiger partial charge on any atom is -0.493 e. The number of nitrogens with zero attached hydrogens (tertiary/aromatic N) is 3. The van der Waals surface area contributed by atoms with Crippen molar-refractivity contribution >= 4 is 11.8 Å². The van der Waals surface area contributed by atoms with Gasteiger partial charge in [-0.2, -0.15) is 16.9 Å². The number of ether oxygens (including phenoxy) is 1. The number of nitrogens with one attached hydrogen (secondary N) is 1. The maximum Gasteiger partial charge on any atom is 0.161 e. The van der Waals surface area contributed by atoms with Crippen LogP contribution in [0.4, 0.5) is 0 Å². The van der Waals surface area contributed by atoms with Crippen molar-refractivity contribution in [3.63, 3.8) is 0 Å². The summed E-state index contributed by atoms with van der Waals surface area (Å²) in [6.45, 7) is 6.19. The summed E-state index contributed by atoms with van der Waals surface area (Å²) in [5.41, 5.74) is 3.93. The van der Waals surface area contributed by atoms with Gasteiger partial charge in [0.2, 0.25) is 0 Å². The highest BCUT2D eigenvalue weighted by atomic mass is 32.2. The fraction of sp³-hybridized carbons (Fsp3) is 0.786. The molecule has 0 saturated carbocycles. The van der Waals surface area contributed by atoms with E-state index < -0.39 is 0 Å². The van der Waals surface area contributed by atoms with Crippen molar-refractivity contribution in [1.29, 1.82) is 0 Å². The van der Waals surface area contributed by atoms with Crippen molar-refractivity contribution in [3.05, 3.63) is 11.9 Å². The minimum atomic E-state index is 0.0355. The standard InChI is InChI=1S/C14H29N5OS/c1-11(2)9-21-10-12(17-15)14-13(20-5)8-16-19(14)7-6-18(3)4/h8,11-12,17H,6-7,9-10,15H2,1-5H3. The number of nitrogens with two attached hydrogens (primary N) is 1. The highest BCUT2D eigenvalue weighted by Crippen LogP contribution is 2.27. The Morgan fingerprint density at radius 3 is 2.67 bits per heavy atom. The van der Waals surface area contributed by atoms with Crippen LogP contribution in [0.2, 0.25) is 0 Å². The molecule has 7 heteroatoms. The summed E-state index contributed by atoms with van der Waals surface area (Å²) in [5, 5.41) is 4.43. The van der Waals surface area contributed by atoms with Crippen molar-refractivity contribution in [2.24, 2.45) is 11.8 Å². The van der Waals surface area contributed by atoms with Crippen LogP contribution >= 0.6 is 11.8 Å². The molecule has 0 aliphatic rings. The van der Waals surface area contributed by atoms with Gasteiger partial charge in [0, 0.05) is 12.3 Å². The number of likely N-dealkylation sites (N-methyl/N-ethyl adjacent to an activating group) is 1. The van der Waals surface area contributed by atoms with Crippen molar-refractivity contribution in [3.8, 4) is 5.75 Å². The summed E-state index contributed by atoms with van der Waals surface area (Å²) in [7, 11) is 5.78. The third kappa shape index (κ3) is 5.86. The van der Waals surface area contributed by atoms with Gasteiger partial charge in [-0.25, -0.2) is 0 Å². The zero-order valence-corrected chi connectivity index (χ0v) is 14.6. The molecule has 0 amide bonds. The molecular formula is C14H29N5OS. The quantitative estimate of drug-likeness (QED) is 0.502. The van der Waals surface area contributed by atoms with E-state index in [-0.39, 0.29) is 6.04 Å². The Kier molecular flexibility index (Phi) is 8.10. The van der Waals surface area contributed by atoms with Crippen LogP contribution in [0.25, 0.3) is 0 Å². The van der Waals surface area contributed by atoms with Crippen LogP contribution in [-0.2, 0) is 6.54 Å². The van der Waals surface area contributed by atoms with Crippen molar-refractivity contribution < 1.29 is 4.74 Å². The van der Waals surface area contributed by atoms with Gasteiger partial charge in [0.15, 0.2) is 5.75 Å². The van der Waals surface area contributed by atoms with Gasteiger partial charge in [0.1, 0.15) is 0 Å². The Morgan fingerprint density at radius 2 is 2.14 bits per heavy atom. The third-order valence-corrected chi connectivity index (χ3v) is 4.56. The average Bonchev–Trinajstić information content (AvgIpc) is 2.84. The second-order valence-corrected chi connectivity index (χ2v) is 6.85. The summed E-state index contributed by atoms with van der Waals surface area (Å²) < 4.78 is 7.43. The van der Waals surface area contributed by atoms with Crippen molar-refractivity contribution in [2.75, 3.05) is 39.3 Å². The molecule has 1 aromatic rings. The third-order valence-electron chi connectivity index (χ3n) is 3.09. The molecule has 0 spiro atoms. The SMILES string of the molecule is COc1cnn(CCN(C)C)c1C(CSCC(C)C)NN. The molecule has 21 heavy (non-hydrogen) atoms. The fourth-order valence-electron chi connectivity index (χ4n) is 1.99. The number of methoxy groups -OCH3 is 1. The maximum absolute atomic E-state index is 5.76. The molecule has 1 rings (SSSR count). The molecule has 122 valence electrons. The van der Waals surface area contributed by atoms with Gasteiger partial charge in [0.25, 0.3) is 0 Å². The number of hydrogen-bond donors (Lipinski definition) is 2. The van der Waals surface area contributed by atoms with E-state index in [0.29, 0.717) is 5.92 Å². The van der Waals surface area contributed by atoms with Crippen molar-refractivity contribution in [1.82, 2.24) is 20.1 Å².